The van der Waals surface area contributed by atoms with Crippen molar-refractivity contribution in [3.63, 3.8) is 0 Å². The Morgan fingerprint density at radius 2 is 1.91 bits per heavy atom. The minimum atomic E-state index is -0.444. The lowest BCUT2D eigenvalue weighted by Gasteiger charge is -2.31. The molecule has 3 aliphatic rings. The summed E-state index contributed by atoms with van der Waals surface area (Å²) < 4.78 is 11.0. The van der Waals surface area contributed by atoms with Crippen LogP contribution in [0.15, 0.2) is 35.4 Å². The molecule has 44 heavy (non-hydrogen) atoms. The van der Waals surface area contributed by atoms with Gasteiger partial charge in [-0.3, -0.25) is 24.2 Å². The minimum Gasteiger partial charge on any atom is -0.461 e. The Bertz CT molecular complexity index is 1850. The molecule has 1 N–H and O–H groups in total. The summed E-state index contributed by atoms with van der Waals surface area (Å²) in [5.41, 5.74) is 5.22. The Balaban J connectivity index is 1.27. The molecular formula is C31H35N9O4. The van der Waals surface area contributed by atoms with E-state index in [9.17, 15) is 14.4 Å². The first kappa shape index (κ1) is 28.0. The summed E-state index contributed by atoms with van der Waals surface area (Å²) in [6.07, 6.45) is 7.63. The highest BCUT2D eigenvalue weighted by atomic mass is 16.5. The summed E-state index contributed by atoms with van der Waals surface area (Å²) in [6, 6.07) is 5.58. The van der Waals surface area contributed by atoms with Crippen LogP contribution in [0.5, 0.6) is 0 Å². The number of ether oxygens (including phenoxy) is 1. The number of hydrogen-bond acceptors (Lipinski definition) is 9. The van der Waals surface area contributed by atoms with E-state index in [4.69, 9.17) is 4.74 Å². The number of hydrogen-bond donors (Lipinski definition) is 1. The largest absolute Gasteiger partial charge is 0.461 e. The summed E-state index contributed by atoms with van der Waals surface area (Å²) in [7, 11) is 3.71. The smallest absolute Gasteiger partial charge is 0.302 e. The van der Waals surface area contributed by atoms with Gasteiger partial charge in [-0.2, -0.15) is 4.98 Å². The second-order valence-corrected chi connectivity index (χ2v) is 11.8. The van der Waals surface area contributed by atoms with Crippen molar-refractivity contribution in [3.8, 4) is 11.1 Å². The van der Waals surface area contributed by atoms with Crippen molar-refractivity contribution >= 4 is 29.3 Å². The van der Waals surface area contributed by atoms with E-state index in [-0.39, 0.29) is 18.1 Å². The molecule has 0 spiro atoms. The van der Waals surface area contributed by atoms with Gasteiger partial charge in [0.05, 0.1) is 13.1 Å². The molecule has 4 aromatic heterocycles. The van der Waals surface area contributed by atoms with E-state index in [0.717, 1.165) is 44.6 Å². The SMILES string of the molecule is CC(=O)OCc1c(-c2cc(Nc3nc4n(n3)CCN(C)C4)c(=O)n(C)c2)ccnc1N1CCn2c(cc3c2CCCC3)C1=O. The number of rotatable bonds is 6. The summed E-state index contributed by atoms with van der Waals surface area (Å²) in [5, 5.41) is 7.67. The summed E-state index contributed by atoms with van der Waals surface area (Å²) in [5.74, 6) is 1.05. The Labute approximate surface area is 254 Å². The predicted octanol–water partition coefficient (Wildman–Crippen LogP) is 2.63. The van der Waals surface area contributed by atoms with Gasteiger partial charge in [0.1, 0.15) is 29.6 Å². The monoisotopic (exact) mass is 597 g/mol. The van der Waals surface area contributed by atoms with Gasteiger partial charge in [0.15, 0.2) is 0 Å². The number of likely N-dealkylation sites (N-methyl/N-ethyl adjacent to an activating group) is 1. The zero-order chi connectivity index (χ0) is 30.5. The second kappa shape index (κ2) is 11.1. The minimum absolute atomic E-state index is 0.0798. The van der Waals surface area contributed by atoms with Crippen LogP contribution in [-0.4, -0.2) is 65.8 Å². The highest BCUT2D eigenvalue weighted by Crippen LogP contribution is 2.35. The molecule has 1 amide bonds. The lowest BCUT2D eigenvalue weighted by Crippen LogP contribution is -2.41. The number of aryl methyl sites for hydroxylation is 2. The summed E-state index contributed by atoms with van der Waals surface area (Å²) >= 11 is 0. The van der Waals surface area contributed by atoms with Crippen LogP contribution in [0.3, 0.4) is 0 Å². The first-order valence-corrected chi connectivity index (χ1v) is 15.0. The topological polar surface area (TPSA) is 132 Å². The number of aromatic nitrogens is 6. The first-order valence-electron chi connectivity index (χ1n) is 15.0. The number of anilines is 3. The third-order valence-corrected chi connectivity index (χ3v) is 8.72. The molecular weight excluding hydrogens is 562 g/mol. The van der Waals surface area contributed by atoms with Crippen LogP contribution in [0.25, 0.3) is 11.1 Å². The van der Waals surface area contributed by atoms with Crippen molar-refractivity contribution in [3.05, 3.63) is 69.3 Å². The van der Waals surface area contributed by atoms with Crippen molar-refractivity contribution in [1.29, 1.82) is 0 Å². The zero-order valence-electron chi connectivity index (χ0n) is 25.2. The maximum atomic E-state index is 13.9. The van der Waals surface area contributed by atoms with Gasteiger partial charge in [0, 0.05) is 62.8 Å². The van der Waals surface area contributed by atoms with Crippen molar-refractivity contribution in [1.82, 2.24) is 33.8 Å². The van der Waals surface area contributed by atoms with E-state index < -0.39 is 5.97 Å². The third-order valence-electron chi connectivity index (χ3n) is 8.72. The molecule has 0 saturated carbocycles. The van der Waals surface area contributed by atoms with Gasteiger partial charge >= 0.3 is 5.97 Å². The lowest BCUT2D eigenvalue weighted by atomic mass is 9.98. The molecule has 228 valence electrons. The number of fused-ring (bicyclic) bond motifs is 4. The second-order valence-electron chi connectivity index (χ2n) is 11.8. The standard InChI is InChI=1S/C31H35N9O4/c1-19(41)44-18-23-22(8-9-32-28(23)39-12-11-38-25-7-5-4-6-20(25)15-26(38)30(39)43)21-14-24(29(42)37(3)16-21)33-31-34-27-17-36(2)10-13-40(27)35-31/h8-9,14-16H,4-7,10-13,17-18H2,1-3H3,(H,33,35). The van der Waals surface area contributed by atoms with Crippen molar-refractivity contribution in [2.24, 2.45) is 7.05 Å². The van der Waals surface area contributed by atoms with E-state index in [1.54, 1.807) is 30.4 Å². The first-order chi connectivity index (χ1) is 21.3. The molecule has 0 fully saturated rings. The molecule has 13 nitrogen and oxygen atoms in total. The van der Waals surface area contributed by atoms with Crippen LogP contribution in [0, 0.1) is 0 Å². The van der Waals surface area contributed by atoms with Crippen LogP contribution < -0.4 is 15.8 Å². The molecule has 0 unspecified atom stereocenters. The van der Waals surface area contributed by atoms with Crippen LogP contribution in [0.2, 0.25) is 0 Å². The van der Waals surface area contributed by atoms with Gasteiger partial charge in [-0.1, -0.05) is 0 Å². The highest BCUT2D eigenvalue weighted by Gasteiger charge is 2.33. The molecule has 0 radical (unpaired) electrons. The van der Waals surface area contributed by atoms with E-state index in [0.29, 0.717) is 59.5 Å². The molecule has 6 heterocycles. The van der Waals surface area contributed by atoms with E-state index in [1.807, 2.05) is 23.9 Å². The molecule has 0 aromatic carbocycles. The van der Waals surface area contributed by atoms with Gasteiger partial charge in [-0.15, -0.1) is 5.10 Å². The van der Waals surface area contributed by atoms with Crippen LogP contribution >= 0.6 is 0 Å². The Morgan fingerprint density at radius 3 is 2.75 bits per heavy atom. The van der Waals surface area contributed by atoms with Gasteiger partial charge in [-0.25, -0.2) is 9.67 Å². The van der Waals surface area contributed by atoms with Crippen LogP contribution in [0.1, 0.15) is 52.9 Å². The van der Waals surface area contributed by atoms with E-state index >= 15 is 0 Å². The number of pyridine rings is 2. The molecule has 0 bridgehead atoms. The van der Waals surface area contributed by atoms with Gasteiger partial charge in [-0.05, 0) is 62.1 Å². The number of esters is 1. The van der Waals surface area contributed by atoms with Gasteiger partial charge < -0.3 is 19.2 Å². The molecule has 0 saturated heterocycles. The quantitative estimate of drug-likeness (QED) is 0.333. The Morgan fingerprint density at radius 1 is 1.07 bits per heavy atom. The maximum absolute atomic E-state index is 13.9. The van der Waals surface area contributed by atoms with Crippen molar-refractivity contribution in [2.75, 3.05) is 30.4 Å². The molecule has 0 atom stereocenters. The number of nitrogens with one attached hydrogen (secondary N) is 1. The van der Waals surface area contributed by atoms with Gasteiger partial charge in [0.2, 0.25) is 5.95 Å². The normalized spacial score (nSPS) is 16.3. The average Bonchev–Trinajstić information content (AvgIpc) is 3.59. The maximum Gasteiger partial charge on any atom is 0.302 e. The van der Waals surface area contributed by atoms with Crippen LogP contribution in [-0.2, 0) is 55.7 Å². The fourth-order valence-electron chi connectivity index (χ4n) is 6.52. The predicted molar refractivity (Wildman–Crippen MR) is 163 cm³/mol. The number of nitrogens with zero attached hydrogens (tertiary/aromatic N) is 8. The van der Waals surface area contributed by atoms with Crippen LogP contribution in [0.4, 0.5) is 17.5 Å². The number of amides is 1. The fraction of sp³-hybridized carbons (Fsp3) is 0.419. The summed E-state index contributed by atoms with van der Waals surface area (Å²) in [6.45, 7) is 4.65. The Kier molecular flexibility index (Phi) is 7.04. The van der Waals surface area contributed by atoms with Crippen molar-refractivity contribution in [2.45, 2.75) is 58.8 Å². The number of carbonyl (C=O) groups excluding carboxylic acids is 2. The summed E-state index contributed by atoms with van der Waals surface area (Å²) in [4.78, 5) is 52.2. The lowest BCUT2D eigenvalue weighted by molar-refractivity contribution is -0.142. The Hall–Kier alpha value is -4.78. The average molecular weight is 598 g/mol. The zero-order valence-corrected chi connectivity index (χ0v) is 25.2. The highest BCUT2D eigenvalue weighted by molar-refractivity contribution is 6.06. The molecule has 7 rings (SSSR count). The molecule has 13 heteroatoms. The van der Waals surface area contributed by atoms with Crippen molar-refractivity contribution < 1.29 is 14.3 Å². The van der Waals surface area contributed by atoms with Gasteiger partial charge in [0.25, 0.3) is 11.5 Å². The molecule has 1 aliphatic carbocycles. The van der Waals surface area contributed by atoms with E-state index in [1.165, 1.54) is 22.7 Å². The fourth-order valence-corrected chi connectivity index (χ4v) is 6.52. The third kappa shape index (κ3) is 4.96. The molecule has 2 aliphatic heterocycles. The van der Waals surface area contributed by atoms with E-state index in [2.05, 4.69) is 29.9 Å². The molecule has 4 aromatic rings. The number of carbonyl (C=O) groups is 2.